The normalized spacial score (nSPS) is 17.8. The molecule has 0 atom stereocenters. The highest BCUT2D eigenvalue weighted by atomic mass is 32.1. The fourth-order valence-corrected chi connectivity index (χ4v) is 6.43. The van der Waals surface area contributed by atoms with Gasteiger partial charge in [0.15, 0.2) is 5.13 Å². The van der Waals surface area contributed by atoms with Gasteiger partial charge >= 0.3 is 6.18 Å². The number of likely N-dealkylation sites (tertiary alicyclic amines) is 1. The topological polar surface area (TPSA) is 103 Å². The molecular weight excluding hydrogens is 507 g/mol. The number of aromatic nitrogens is 1. The van der Waals surface area contributed by atoms with Gasteiger partial charge in [0.05, 0.1) is 27.5 Å². The summed E-state index contributed by atoms with van der Waals surface area (Å²) in [6.45, 7) is 3.80. The van der Waals surface area contributed by atoms with Crippen LogP contribution in [0.2, 0.25) is 0 Å². The molecule has 3 heterocycles. The first-order valence-corrected chi connectivity index (χ1v) is 12.6. The Hall–Kier alpha value is -3.56. The fourth-order valence-electron chi connectivity index (χ4n) is 5.32. The maximum absolute atomic E-state index is 13.2. The lowest BCUT2D eigenvalue weighted by Gasteiger charge is -2.39. The number of nitrogens with zero attached hydrogens (tertiary/aromatic N) is 5. The number of hydrogen-bond acceptors (Lipinski definition) is 8. The summed E-state index contributed by atoms with van der Waals surface area (Å²) in [5.74, 6) is 0. The van der Waals surface area contributed by atoms with Crippen molar-refractivity contribution in [2.75, 3.05) is 31.1 Å². The third kappa shape index (κ3) is 5.01. The fraction of sp³-hybridized carbons (Fsp3) is 0.400. The number of piperidine rings is 1. The molecule has 0 aliphatic carbocycles. The number of hydrogen-bond donors (Lipinski definition) is 0. The first kappa shape index (κ1) is 25.1. The lowest BCUT2D eigenvalue weighted by molar-refractivity contribution is -0.383. The largest absolute Gasteiger partial charge is 0.416 e. The standard InChI is InChI=1S/C25H22F3N5O3S/c26-25(27,28)18-11-19-21(20(12-18)33(35)36)37-23(30-22(19)34)32-8-5-24(6-9-32)4-7-31(15-24)14-17-3-1-2-16(10-17)13-29/h1-3,10-12H,4-9,14-15H2. The van der Waals surface area contributed by atoms with Crippen molar-refractivity contribution < 1.29 is 18.1 Å². The molecule has 0 radical (unpaired) electrons. The Labute approximate surface area is 213 Å². The molecule has 0 bridgehead atoms. The lowest BCUT2D eigenvalue weighted by Crippen LogP contribution is -2.42. The Morgan fingerprint density at radius 3 is 2.57 bits per heavy atom. The average Bonchev–Trinajstić information content (AvgIpc) is 3.24. The summed E-state index contributed by atoms with van der Waals surface area (Å²) in [4.78, 5) is 31.6. The number of halogens is 3. The van der Waals surface area contributed by atoms with Crippen LogP contribution in [0.4, 0.5) is 24.0 Å². The van der Waals surface area contributed by atoms with E-state index in [1.807, 2.05) is 23.1 Å². The molecule has 5 rings (SSSR count). The Morgan fingerprint density at radius 2 is 1.89 bits per heavy atom. The molecule has 2 aliphatic rings. The maximum Gasteiger partial charge on any atom is 0.416 e. The molecule has 37 heavy (non-hydrogen) atoms. The van der Waals surface area contributed by atoms with E-state index in [0.717, 1.165) is 55.8 Å². The van der Waals surface area contributed by atoms with Crippen LogP contribution in [-0.4, -0.2) is 41.0 Å². The summed E-state index contributed by atoms with van der Waals surface area (Å²) >= 11 is 0.888. The second-order valence-electron chi connectivity index (χ2n) is 9.69. The third-order valence-corrected chi connectivity index (χ3v) is 8.45. The number of rotatable bonds is 4. The van der Waals surface area contributed by atoms with E-state index >= 15 is 0 Å². The van der Waals surface area contributed by atoms with Crippen LogP contribution in [0.1, 0.15) is 36.0 Å². The monoisotopic (exact) mass is 529 g/mol. The minimum absolute atomic E-state index is 0.0973. The molecule has 12 heteroatoms. The smallest absolute Gasteiger partial charge is 0.348 e. The van der Waals surface area contributed by atoms with E-state index in [2.05, 4.69) is 16.0 Å². The first-order valence-electron chi connectivity index (χ1n) is 11.7. The number of benzene rings is 2. The van der Waals surface area contributed by atoms with Crippen molar-refractivity contribution >= 4 is 32.2 Å². The van der Waals surface area contributed by atoms with Gasteiger partial charge < -0.3 is 4.90 Å². The van der Waals surface area contributed by atoms with E-state index in [-0.39, 0.29) is 10.1 Å². The summed E-state index contributed by atoms with van der Waals surface area (Å²) in [5.41, 5.74) is -1.04. The van der Waals surface area contributed by atoms with Crippen molar-refractivity contribution in [3.63, 3.8) is 0 Å². The van der Waals surface area contributed by atoms with Gasteiger partial charge in [-0.3, -0.25) is 19.8 Å². The number of anilines is 1. The van der Waals surface area contributed by atoms with Crippen molar-refractivity contribution in [2.24, 2.45) is 5.41 Å². The molecule has 0 N–H and O–H groups in total. The van der Waals surface area contributed by atoms with Crippen LogP contribution >= 0.6 is 11.3 Å². The molecule has 2 saturated heterocycles. The van der Waals surface area contributed by atoms with Crippen LogP contribution < -0.4 is 10.5 Å². The summed E-state index contributed by atoms with van der Waals surface area (Å²) in [7, 11) is 0. The summed E-state index contributed by atoms with van der Waals surface area (Å²) in [5, 5.41) is 20.6. The minimum Gasteiger partial charge on any atom is -0.348 e. The van der Waals surface area contributed by atoms with Gasteiger partial charge in [0.1, 0.15) is 4.70 Å². The van der Waals surface area contributed by atoms with Crippen LogP contribution in [0.15, 0.2) is 41.2 Å². The van der Waals surface area contributed by atoms with E-state index in [1.54, 1.807) is 6.07 Å². The summed E-state index contributed by atoms with van der Waals surface area (Å²) in [6.07, 6.45) is -2.11. The molecule has 0 saturated carbocycles. The average molecular weight is 530 g/mol. The van der Waals surface area contributed by atoms with Gasteiger partial charge in [0.25, 0.3) is 11.2 Å². The highest BCUT2D eigenvalue weighted by Gasteiger charge is 2.41. The van der Waals surface area contributed by atoms with Crippen LogP contribution in [0, 0.1) is 26.9 Å². The second kappa shape index (κ2) is 9.39. The Bertz CT molecular complexity index is 1480. The molecule has 0 amide bonds. The van der Waals surface area contributed by atoms with E-state index in [1.165, 1.54) is 0 Å². The van der Waals surface area contributed by atoms with Gasteiger partial charge in [-0.05, 0) is 55.0 Å². The highest BCUT2D eigenvalue weighted by molar-refractivity contribution is 7.22. The summed E-state index contributed by atoms with van der Waals surface area (Å²) in [6, 6.07) is 10.9. The van der Waals surface area contributed by atoms with E-state index in [9.17, 15) is 28.1 Å². The quantitative estimate of drug-likeness (QED) is 0.348. The van der Waals surface area contributed by atoms with Crippen molar-refractivity contribution in [1.82, 2.24) is 9.88 Å². The minimum atomic E-state index is -4.82. The second-order valence-corrected chi connectivity index (χ2v) is 10.7. The van der Waals surface area contributed by atoms with Gasteiger partial charge in [0.2, 0.25) is 0 Å². The Morgan fingerprint density at radius 1 is 1.16 bits per heavy atom. The number of nitro benzene ring substituents is 1. The van der Waals surface area contributed by atoms with Crippen LogP contribution in [0.25, 0.3) is 10.1 Å². The molecular formula is C25H22F3N5O3S. The highest BCUT2D eigenvalue weighted by Crippen LogP contribution is 2.43. The van der Waals surface area contributed by atoms with E-state index in [0.29, 0.717) is 35.9 Å². The predicted molar refractivity (Wildman–Crippen MR) is 132 cm³/mol. The molecule has 1 aromatic heterocycles. The predicted octanol–water partition coefficient (Wildman–Crippen LogP) is 4.95. The number of nitriles is 1. The lowest BCUT2D eigenvalue weighted by atomic mass is 9.78. The number of non-ortho nitro benzene ring substituents is 1. The molecule has 192 valence electrons. The molecule has 0 unspecified atom stereocenters. The molecule has 2 fully saturated rings. The van der Waals surface area contributed by atoms with Crippen molar-refractivity contribution in [3.05, 3.63) is 73.6 Å². The molecule has 2 aliphatic heterocycles. The van der Waals surface area contributed by atoms with Crippen molar-refractivity contribution in [1.29, 1.82) is 5.26 Å². The zero-order valence-corrected chi connectivity index (χ0v) is 20.4. The molecule has 2 aromatic carbocycles. The van der Waals surface area contributed by atoms with E-state index < -0.39 is 33.3 Å². The Kier molecular flexibility index (Phi) is 6.37. The number of fused-ring (bicyclic) bond motifs is 1. The van der Waals surface area contributed by atoms with E-state index in [4.69, 9.17) is 5.26 Å². The van der Waals surface area contributed by atoms with Gasteiger partial charge in [-0.2, -0.15) is 23.4 Å². The third-order valence-electron chi connectivity index (χ3n) is 7.29. The van der Waals surface area contributed by atoms with Crippen molar-refractivity contribution in [2.45, 2.75) is 32.0 Å². The summed E-state index contributed by atoms with van der Waals surface area (Å²) < 4.78 is 39.6. The van der Waals surface area contributed by atoms with Gasteiger partial charge in [-0.1, -0.05) is 23.5 Å². The zero-order valence-electron chi connectivity index (χ0n) is 19.6. The van der Waals surface area contributed by atoms with Gasteiger partial charge in [-0.25, -0.2) is 0 Å². The van der Waals surface area contributed by atoms with Crippen molar-refractivity contribution in [3.8, 4) is 6.07 Å². The number of alkyl halides is 3. The SMILES string of the molecule is N#Cc1cccc(CN2CCC3(CCN(c4nc(=O)c5cc(C(F)(F)F)cc([N+](=O)[O-])c5s4)CC3)C2)c1. The molecule has 3 aromatic rings. The first-order chi connectivity index (χ1) is 17.6. The van der Waals surface area contributed by atoms with Crippen LogP contribution in [-0.2, 0) is 12.7 Å². The molecule has 1 spiro atoms. The number of nitro groups is 1. The van der Waals surface area contributed by atoms with Crippen LogP contribution in [0.3, 0.4) is 0 Å². The molecule has 8 nitrogen and oxygen atoms in total. The maximum atomic E-state index is 13.2. The van der Waals surface area contributed by atoms with Crippen LogP contribution in [0.5, 0.6) is 0 Å². The zero-order chi connectivity index (χ0) is 26.4. The Balaban J connectivity index is 1.33. The van der Waals surface area contributed by atoms with Gasteiger partial charge in [0, 0.05) is 32.2 Å². The van der Waals surface area contributed by atoms with Gasteiger partial charge in [-0.15, -0.1) is 0 Å².